The van der Waals surface area contributed by atoms with Crippen molar-refractivity contribution in [1.82, 2.24) is 9.78 Å². The summed E-state index contributed by atoms with van der Waals surface area (Å²) >= 11 is 0. The molecule has 6 heteroatoms. The van der Waals surface area contributed by atoms with Crippen molar-refractivity contribution in [3.05, 3.63) is 52.4 Å². The average molecular weight is 326 g/mol. The topological polar surface area (TPSA) is 67.2 Å². The highest BCUT2D eigenvalue weighted by Crippen LogP contribution is 2.23. The third-order valence-electron chi connectivity index (χ3n) is 4.51. The maximum absolute atomic E-state index is 12.6. The van der Waals surface area contributed by atoms with E-state index in [2.05, 4.69) is 15.3 Å². The molecule has 3 rings (SSSR count). The van der Waals surface area contributed by atoms with Crippen molar-refractivity contribution in [2.75, 3.05) is 23.3 Å². The SMILES string of the molecule is Cc1ccccc1NC(=O)[C@@H]1CCCN(c2cnn(C)c(=O)c2)C1. The van der Waals surface area contributed by atoms with Crippen LogP contribution < -0.4 is 15.8 Å². The summed E-state index contributed by atoms with van der Waals surface area (Å²) in [6, 6.07) is 9.35. The maximum atomic E-state index is 12.6. The summed E-state index contributed by atoms with van der Waals surface area (Å²) in [6.07, 6.45) is 3.45. The van der Waals surface area contributed by atoms with Gasteiger partial charge < -0.3 is 10.2 Å². The van der Waals surface area contributed by atoms with Crippen molar-refractivity contribution < 1.29 is 4.79 Å². The van der Waals surface area contributed by atoms with E-state index in [-0.39, 0.29) is 17.4 Å². The molecule has 0 unspecified atom stereocenters. The number of amides is 1. The first-order chi connectivity index (χ1) is 11.5. The molecular formula is C18H22N4O2. The van der Waals surface area contributed by atoms with Crippen molar-refractivity contribution in [3.63, 3.8) is 0 Å². The van der Waals surface area contributed by atoms with Crippen LogP contribution in [0.4, 0.5) is 11.4 Å². The molecule has 0 saturated carbocycles. The zero-order valence-corrected chi connectivity index (χ0v) is 14.0. The van der Waals surface area contributed by atoms with Crippen LogP contribution in [0.25, 0.3) is 0 Å². The zero-order chi connectivity index (χ0) is 17.1. The lowest BCUT2D eigenvalue weighted by molar-refractivity contribution is -0.120. The highest BCUT2D eigenvalue weighted by Gasteiger charge is 2.26. The van der Waals surface area contributed by atoms with Gasteiger partial charge in [-0.3, -0.25) is 9.59 Å². The van der Waals surface area contributed by atoms with Gasteiger partial charge in [0.2, 0.25) is 5.91 Å². The molecule has 2 heterocycles. The fourth-order valence-electron chi connectivity index (χ4n) is 3.01. The smallest absolute Gasteiger partial charge is 0.268 e. The van der Waals surface area contributed by atoms with E-state index in [0.29, 0.717) is 6.54 Å². The second-order valence-electron chi connectivity index (χ2n) is 6.26. The summed E-state index contributed by atoms with van der Waals surface area (Å²) in [7, 11) is 1.63. The number of para-hydroxylation sites is 1. The Hall–Kier alpha value is -2.63. The van der Waals surface area contributed by atoms with Crippen LogP contribution in [0.2, 0.25) is 0 Å². The minimum atomic E-state index is -0.140. The predicted octanol–water partition coefficient (Wildman–Crippen LogP) is 1.94. The number of piperidine rings is 1. The van der Waals surface area contributed by atoms with Crippen LogP contribution in [0.15, 0.2) is 41.3 Å². The Morgan fingerprint density at radius 3 is 2.88 bits per heavy atom. The molecule has 1 amide bonds. The Kier molecular flexibility index (Phi) is 4.64. The molecule has 2 aromatic rings. The van der Waals surface area contributed by atoms with Gasteiger partial charge in [0.15, 0.2) is 0 Å². The van der Waals surface area contributed by atoms with Crippen molar-refractivity contribution >= 4 is 17.3 Å². The number of hydrogen-bond acceptors (Lipinski definition) is 4. The largest absolute Gasteiger partial charge is 0.369 e. The minimum Gasteiger partial charge on any atom is -0.369 e. The van der Waals surface area contributed by atoms with Crippen LogP contribution in [0, 0.1) is 12.8 Å². The number of benzene rings is 1. The number of aromatic nitrogens is 2. The number of nitrogens with one attached hydrogen (secondary N) is 1. The number of rotatable bonds is 3. The van der Waals surface area contributed by atoms with E-state index in [1.807, 2.05) is 31.2 Å². The maximum Gasteiger partial charge on any atom is 0.268 e. The summed E-state index contributed by atoms with van der Waals surface area (Å²) < 4.78 is 1.30. The van der Waals surface area contributed by atoms with E-state index in [9.17, 15) is 9.59 Å². The monoisotopic (exact) mass is 326 g/mol. The number of carbonyl (C=O) groups excluding carboxylic acids is 1. The standard InChI is InChI=1S/C18H22N4O2/c1-13-6-3-4-8-16(13)20-18(24)14-7-5-9-22(12-14)15-10-17(23)21(2)19-11-15/h3-4,6,8,10-11,14H,5,7,9,12H2,1-2H3,(H,20,24)/t14-/m1/s1. The summed E-state index contributed by atoms with van der Waals surface area (Å²) in [5, 5.41) is 7.09. The minimum absolute atomic E-state index is 0.0331. The molecule has 1 aliphatic rings. The van der Waals surface area contributed by atoms with Crippen LogP contribution in [0.3, 0.4) is 0 Å². The lowest BCUT2D eigenvalue weighted by Crippen LogP contribution is -2.41. The van der Waals surface area contributed by atoms with E-state index in [4.69, 9.17) is 0 Å². The summed E-state index contributed by atoms with van der Waals surface area (Å²) in [5.41, 5.74) is 2.55. The Balaban J connectivity index is 1.71. The first kappa shape index (κ1) is 16.2. The van der Waals surface area contributed by atoms with Crippen LogP contribution in [0.1, 0.15) is 18.4 Å². The van der Waals surface area contributed by atoms with E-state index in [0.717, 1.165) is 36.3 Å². The molecule has 1 N–H and O–H groups in total. The van der Waals surface area contributed by atoms with Gasteiger partial charge in [0.1, 0.15) is 0 Å². The number of nitrogens with zero attached hydrogens (tertiary/aromatic N) is 3. The van der Waals surface area contributed by atoms with E-state index in [1.54, 1.807) is 19.3 Å². The Bertz CT molecular complexity index is 800. The molecule has 0 spiro atoms. The lowest BCUT2D eigenvalue weighted by atomic mass is 9.96. The fraction of sp³-hybridized carbons (Fsp3) is 0.389. The molecular weight excluding hydrogens is 304 g/mol. The Labute approximate surface area is 141 Å². The third-order valence-corrected chi connectivity index (χ3v) is 4.51. The quantitative estimate of drug-likeness (QED) is 0.936. The molecule has 1 saturated heterocycles. The molecule has 1 atom stereocenters. The zero-order valence-electron chi connectivity index (χ0n) is 14.0. The molecule has 0 radical (unpaired) electrons. The first-order valence-electron chi connectivity index (χ1n) is 8.19. The van der Waals surface area contributed by atoms with Gasteiger partial charge in [-0.25, -0.2) is 4.68 Å². The Morgan fingerprint density at radius 1 is 1.33 bits per heavy atom. The number of anilines is 2. The van der Waals surface area contributed by atoms with Gasteiger partial charge in [-0.2, -0.15) is 5.10 Å². The van der Waals surface area contributed by atoms with Crippen molar-refractivity contribution in [1.29, 1.82) is 0 Å². The summed E-state index contributed by atoms with van der Waals surface area (Å²) in [6.45, 7) is 3.42. The van der Waals surface area contributed by atoms with E-state index in [1.165, 1.54) is 4.68 Å². The lowest BCUT2D eigenvalue weighted by Gasteiger charge is -2.33. The molecule has 1 aromatic heterocycles. The van der Waals surface area contributed by atoms with Gasteiger partial charge in [-0.1, -0.05) is 18.2 Å². The number of aryl methyl sites for hydroxylation is 2. The fourth-order valence-corrected chi connectivity index (χ4v) is 3.01. The van der Waals surface area contributed by atoms with E-state index < -0.39 is 0 Å². The molecule has 126 valence electrons. The molecule has 24 heavy (non-hydrogen) atoms. The van der Waals surface area contributed by atoms with Gasteiger partial charge in [0, 0.05) is 31.9 Å². The molecule has 0 bridgehead atoms. The molecule has 0 aliphatic carbocycles. The summed E-state index contributed by atoms with van der Waals surface area (Å²) in [5.74, 6) is -0.0618. The van der Waals surface area contributed by atoms with Gasteiger partial charge in [0.25, 0.3) is 5.56 Å². The molecule has 1 aromatic carbocycles. The van der Waals surface area contributed by atoms with Crippen molar-refractivity contribution in [2.24, 2.45) is 13.0 Å². The second-order valence-corrected chi connectivity index (χ2v) is 6.26. The summed E-state index contributed by atoms with van der Waals surface area (Å²) in [4.78, 5) is 26.4. The molecule has 1 fully saturated rings. The third kappa shape index (κ3) is 3.48. The van der Waals surface area contributed by atoms with Crippen molar-refractivity contribution in [2.45, 2.75) is 19.8 Å². The number of hydrogen-bond donors (Lipinski definition) is 1. The molecule has 1 aliphatic heterocycles. The van der Waals surface area contributed by atoms with Crippen molar-refractivity contribution in [3.8, 4) is 0 Å². The van der Waals surface area contributed by atoms with Crippen LogP contribution in [-0.2, 0) is 11.8 Å². The van der Waals surface area contributed by atoms with Gasteiger partial charge in [0.05, 0.1) is 17.8 Å². The highest BCUT2D eigenvalue weighted by atomic mass is 16.2. The highest BCUT2D eigenvalue weighted by molar-refractivity contribution is 5.93. The van der Waals surface area contributed by atoms with Gasteiger partial charge in [-0.05, 0) is 31.4 Å². The van der Waals surface area contributed by atoms with Gasteiger partial charge >= 0.3 is 0 Å². The van der Waals surface area contributed by atoms with Crippen LogP contribution in [-0.4, -0.2) is 28.8 Å². The first-order valence-corrected chi connectivity index (χ1v) is 8.19. The average Bonchev–Trinajstić information content (AvgIpc) is 2.59. The van der Waals surface area contributed by atoms with Gasteiger partial charge in [-0.15, -0.1) is 0 Å². The van der Waals surface area contributed by atoms with Crippen LogP contribution in [0.5, 0.6) is 0 Å². The Morgan fingerprint density at radius 2 is 2.12 bits per heavy atom. The predicted molar refractivity (Wildman–Crippen MR) is 94.2 cm³/mol. The van der Waals surface area contributed by atoms with Crippen LogP contribution >= 0.6 is 0 Å². The second kappa shape index (κ2) is 6.86. The number of carbonyl (C=O) groups is 1. The van der Waals surface area contributed by atoms with E-state index >= 15 is 0 Å². The normalized spacial score (nSPS) is 17.6. The molecule has 6 nitrogen and oxygen atoms in total.